The number of benzene rings is 1. The molecule has 0 bridgehead atoms. The number of alkyl halides is 1. The molecule has 2 aromatic rings. The standard InChI is InChI=1S/C20H21ClN2O/c21-15-9-10-17-16(13-15)18(14-7-3-1-4-8-14)19(20(24)22-17)23-11-5-2-6-12-23/h1-8,11-12,15-19H,9-10,13H2/p+1. The zero-order chi connectivity index (χ0) is 16.5. The Kier molecular flexibility index (Phi) is 4.28. The van der Waals surface area contributed by atoms with Gasteiger partial charge < -0.3 is 5.32 Å². The molecule has 5 unspecified atom stereocenters. The highest BCUT2D eigenvalue weighted by Gasteiger charge is 2.51. The van der Waals surface area contributed by atoms with Crippen molar-refractivity contribution in [1.29, 1.82) is 0 Å². The summed E-state index contributed by atoms with van der Waals surface area (Å²) in [5.41, 5.74) is 1.23. The van der Waals surface area contributed by atoms with E-state index in [1.165, 1.54) is 5.56 Å². The van der Waals surface area contributed by atoms with Crippen molar-refractivity contribution in [1.82, 2.24) is 5.32 Å². The van der Waals surface area contributed by atoms with E-state index in [-0.39, 0.29) is 29.3 Å². The van der Waals surface area contributed by atoms with Gasteiger partial charge in [-0.3, -0.25) is 4.79 Å². The Morgan fingerprint density at radius 3 is 2.46 bits per heavy atom. The van der Waals surface area contributed by atoms with Crippen molar-refractivity contribution < 1.29 is 9.36 Å². The molecular weight excluding hydrogens is 320 g/mol. The predicted molar refractivity (Wildman–Crippen MR) is 93.8 cm³/mol. The van der Waals surface area contributed by atoms with Crippen LogP contribution in [0, 0.1) is 5.92 Å². The van der Waals surface area contributed by atoms with Gasteiger partial charge in [0.15, 0.2) is 12.4 Å². The van der Waals surface area contributed by atoms with Crippen LogP contribution in [0.3, 0.4) is 0 Å². The molecule has 24 heavy (non-hydrogen) atoms. The molecule has 2 fully saturated rings. The second-order valence-electron chi connectivity index (χ2n) is 6.89. The summed E-state index contributed by atoms with van der Waals surface area (Å²) in [5, 5.41) is 3.47. The molecule has 1 saturated carbocycles. The zero-order valence-corrected chi connectivity index (χ0v) is 14.3. The Morgan fingerprint density at radius 1 is 1.00 bits per heavy atom. The van der Waals surface area contributed by atoms with Crippen molar-refractivity contribution in [3.63, 3.8) is 0 Å². The van der Waals surface area contributed by atoms with E-state index < -0.39 is 0 Å². The number of hydrogen-bond acceptors (Lipinski definition) is 1. The molecule has 1 aliphatic carbocycles. The molecule has 5 atom stereocenters. The highest BCUT2D eigenvalue weighted by Crippen LogP contribution is 2.45. The summed E-state index contributed by atoms with van der Waals surface area (Å²) in [7, 11) is 0. The molecular formula is C20H22ClN2O+. The Balaban J connectivity index is 1.80. The van der Waals surface area contributed by atoms with Crippen LogP contribution < -0.4 is 9.88 Å². The maximum atomic E-state index is 12.9. The van der Waals surface area contributed by atoms with Crippen molar-refractivity contribution >= 4 is 17.5 Å². The van der Waals surface area contributed by atoms with E-state index >= 15 is 0 Å². The first kappa shape index (κ1) is 15.6. The average molecular weight is 342 g/mol. The number of fused-ring (bicyclic) bond motifs is 1. The molecule has 1 aromatic heterocycles. The number of rotatable bonds is 2. The summed E-state index contributed by atoms with van der Waals surface area (Å²) >= 11 is 6.50. The number of nitrogens with one attached hydrogen (secondary N) is 1. The molecule has 4 heteroatoms. The number of hydrogen-bond donors (Lipinski definition) is 1. The largest absolute Gasteiger partial charge is 0.347 e. The Labute approximate surface area is 147 Å². The van der Waals surface area contributed by atoms with Gasteiger partial charge in [-0.15, -0.1) is 11.6 Å². The molecule has 0 radical (unpaired) electrons. The van der Waals surface area contributed by atoms with Crippen molar-refractivity contribution in [2.45, 2.75) is 42.6 Å². The monoisotopic (exact) mass is 341 g/mol. The number of nitrogens with zero attached hydrogens (tertiary/aromatic N) is 1. The molecule has 1 N–H and O–H groups in total. The Morgan fingerprint density at radius 2 is 1.71 bits per heavy atom. The number of carbonyl (C=O) groups is 1. The van der Waals surface area contributed by atoms with Crippen molar-refractivity contribution in [3.8, 4) is 0 Å². The van der Waals surface area contributed by atoms with Crippen molar-refractivity contribution in [2.24, 2.45) is 5.92 Å². The molecule has 3 nitrogen and oxygen atoms in total. The number of carbonyl (C=O) groups excluding carboxylic acids is 1. The number of halogens is 1. The molecule has 4 rings (SSSR count). The number of aromatic nitrogens is 1. The van der Waals surface area contributed by atoms with Gasteiger partial charge in [0.05, 0.1) is 5.92 Å². The number of amides is 1. The van der Waals surface area contributed by atoms with E-state index in [2.05, 4.69) is 29.6 Å². The number of pyridine rings is 1. The maximum Gasteiger partial charge on any atom is 0.290 e. The number of piperidine rings is 1. The smallest absolute Gasteiger partial charge is 0.290 e. The molecule has 1 amide bonds. The van der Waals surface area contributed by atoms with Gasteiger partial charge >= 0.3 is 0 Å². The molecule has 1 aliphatic heterocycles. The van der Waals surface area contributed by atoms with Crippen LogP contribution in [0.15, 0.2) is 60.9 Å². The van der Waals surface area contributed by atoms with Crippen LogP contribution in [0.2, 0.25) is 0 Å². The van der Waals surface area contributed by atoms with Gasteiger partial charge in [-0.2, -0.15) is 4.57 Å². The first-order chi connectivity index (χ1) is 11.7. The van der Waals surface area contributed by atoms with Gasteiger partial charge in [0.2, 0.25) is 6.04 Å². The van der Waals surface area contributed by atoms with Crippen molar-refractivity contribution in [2.75, 3.05) is 0 Å². The lowest BCUT2D eigenvalue weighted by molar-refractivity contribution is -0.714. The molecule has 1 aromatic carbocycles. The molecule has 1 saturated heterocycles. The SMILES string of the molecule is O=C1NC2CCC(Cl)CC2C(c2ccccc2)C1[n+]1ccccc1. The van der Waals surface area contributed by atoms with Crippen LogP contribution in [0.4, 0.5) is 0 Å². The molecule has 2 aliphatic rings. The fourth-order valence-corrected chi connectivity index (χ4v) is 4.75. The quantitative estimate of drug-likeness (QED) is 0.660. The molecule has 2 heterocycles. The van der Waals surface area contributed by atoms with E-state index in [1.54, 1.807) is 0 Å². The minimum Gasteiger partial charge on any atom is -0.347 e. The van der Waals surface area contributed by atoms with Crippen molar-refractivity contribution in [3.05, 3.63) is 66.5 Å². The van der Waals surface area contributed by atoms with Gasteiger partial charge in [-0.05, 0) is 30.7 Å². The minimum absolute atomic E-state index is 0.120. The third kappa shape index (κ3) is 2.82. The van der Waals surface area contributed by atoms with Crippen LogP contribution >= 0.6 is 11.6 Å². The third-order valence-electron chi connectivity index (χ3n) is 5.48. The summed E-state index contributed by atoms with van der Waals surface area (Å²) in [6.45, 7) is 0. The Hall–Kier alpha value is -1.87. The van der Waals surface area contributed by atoms with Gasteiger partial charge in [-0.25, -0.2) is 0 Å². The molecule has 124 valence electrons. The second-order valence-corrected chi connectivity index (χ2v) is 7.51. The van der Waals surface area contributed by atoms with E-state index in [4.69, 9.17) is 11.6 Å². The zero-order valence-electron chi connectivity index (χ0n) is 13.5. The van der Waals surface area contributed by atoms with Crippen LogP contribution in [-0.4, -0.2) is 17.3 Å². The lowest BCUT2D eigenvalue weighted by Gasteiger charge is -2.44. The van der Waals surface area contributed by atoms with Gasteiger partial charge in [-0.1, -0.05) is 36.4 Å². The average Bonchev–Trinajstić information content (AvgIpc) is 2.62. The summed E-state index contributed by atoms with van der Waals surface area (Å²) in [6, 6.07) is 16.4. The van der Waals surface area contributed by atoms with Gasteiger partial charge in [0.1, 0.15) is 0 Å². The summed E-state index contributed by atoms with van der Waals surface area (Å²) < 4.78 is 2.04. The van der Waals surface area contributed by atoms with Gasteiger partial charge in [0.25, 0.3) is 5.91 Å². The summed E-state index contributed by atoms with van der Waals surface area (Å²) in [4.78, 5) is 12.9. The minimum atomic E-state index is -0.225. The maximum absolute atomic E-state index is 12.9. The first-order valence-electron chi connectivity index (χ1n) is 8.69. The first-order valence-corrected chi connectivity index (χ1v) is 9.13. The Bertz CT molecular complexity index is 706. The highest BCUT2D eigenvalue weighted by atomic mass is 35.5. The molecule has 0 spiro atoms. The van der Waals surface area contributed by atoms with Crippen LogP contribution in [0.25, 0.3) is 0 Å². The van der Waals surface area contributed by atoms with Gasteiger partial charge in [0, 0.05) is 23.6 Å². The summed E-state index contributed by atoms with van der Waals surface area (Å²) in [6.07, 6.45) is 6.88. The second kappa shape index (κ2) is 6.56. The third-order valence-corrected chi connectivity index (χ3v) is 5.87. The van der Waals surface area contributed by atoms with E-state index in [9.17, 15) is 4.79 Å². The van der Waals surface area contributed by atoms with E-state index in [0.29, 0.717) is 5.92 Å². The summed E-state index contributed by atoms with van der Waals surface area (Å²) in [5.74, 6) is 0.646. The predicted octanol–water partition coefficient (Wildman–Crippen LogP) is 3.20. The lowest BCUT2D eigenvalue weighted by Crippen LogP contribution is -2.62. The lowest BCUT2D eigenvalue weighted by atomic mass is 9.68. The van der Waals surface area contributed by atoms with Crippen LogP contribution in [0.5, 0.6) is 0 Å². The fraction of sp³-hybridized carbons (Fsp3) is 0.400. The van der Waals surface area contributed by atoms with Crippen LogP contribution in [-0.2, 0) is 4.79 Å². The fourth-order valence-electron chi connectivity index (χ4n) is 4.42. The topological polar surface area (TPSA) is 33.0 Å². The highest BCUT2D eigenvalue weighted by molar-refractivity contribution is 6.20. The van der Waals surface area contributed by atoms with Crippen LogP contribution in [0.1, 0.15) is 36.8 Å². The van der Waals surface area contributed by atoms with E-state index in [1.807, 2.05) is 41.2 Å². The normalized spacial score (nSPS) is 32.7. The van der Waals surface area contributed by atoms with E-state index in [0.717, 1.165) is 19.3 Å².